The molecule has 0 radical (unpaired) electrons. The molecule has 0 aliphatic carbocycles. The number of esters is 1. The topological polar surface area (TPSA) is 38.8 Å². The Kier molecular flexibility index (Phi) is 5.56. The summed E-state index contributed by atoms with van der Waals surface area (Å²) in [6.07, 6.45) is 1.92. The zero-order chi connectivity index (χ0) is 15.2. The average Bonchev–Trinajstić information content (AvgIpc) is 2.50. The van der Waals surface area contributed by atoms with Gasteiger partial charge >= 0.3 is 5.97 Å². The van der Waals surface area contributed by atoms with Crippen LogP contribution in [0.25, 0.3) is 0 Å². The third-order valence-corrected chi connectivity index (χ3v) is 4.08. The first kappa shape index (κ1) is 15.8. The van der Waals surface area contributed by atoms with Gasteiger partial charge in [0.05, 0.1) is 13.0 Å². The molecule has 1 aromatic carbocycles. The third kappa shape index (κ3) is 4.43. The van der Waals surface area contributed by atoms with Crippen LogP contribution in [-0.4, -0.2) is 44.7 Å². The second-order valence-corrected chi connectivity index (χ2v) is 5.54. The number of rotatable bonds is 5. The quantitative estimate of drug-likeness (QED) is 0.782. The summed E-state index contributed by atoms with van der Waals surface area (Å²) in [6.45, 7) is 2.23. The molecule has 1 heterocycles. The van der Waals surface area contributed by atoms with Crippen LogP contribution in [0, 0.1) is 17.7 Å². The fraction of sp³-hybridized carbons (Fsp3) is 0.562. The van der Waals surface area contributed by atoms with Crippen molar-refractivity contribution in [3.8, 4) is 5.75 Å². The number of carbonyl (C=O) groups excluding carboxylic acids is 1. The summed E-state index contributed by atoms with van der Waals surface area (Å²) in [7, 11) is 3.49. The first-order valence-corrected chi connectivity index (χ1v) is 7.25. The van der Waals surface area contributed by atoms with Crippen LogP contribution in [-0.2, 0) is 9.53 Å². The van der Waals surface area contributed by atoms with Crippen molar-refractivity contribution < 1.29 is 18.7 Å². The van der Waals surface area contributed by atoms with E-state index >= 15 is 0 Å². The molecule has 0 saturated carbocycles. The fourth-order valence-electron chi connectivity index (χ4n) is 2.70. The van der Waals surface area contributed by atoms with Gasteiger partial charge < -0.3 is 14.4 Å². The highest BCUT2D eigenvalue weighted by atomic mass is 19.1. The molecule has 0 bridgehead atoms. The molecule has 0 amide bonds. The van der Waals surface area contributed by atoms with Crippen molar-refractivity contribution in [2.24, 2.45) is 11.8 Å². The maximum Gasteiger partial charge on any atom is 0.312 e. The molecule has 116 valence electrons. The molecule has 1 fully saturated rings. The molecule has 1 aromatic rings. The van der Waals surface area contributed by atoms with Crippen molar-refractivity contribution in [3.63, 3.8) is 0 Å². The van der Waals surface area contributed by atoms with E-state index in [9.17, 15) is 9.18 Å². The number of nitrogens with zero attached hydrogens (tertiary/aromatic N) is 1. The standard InChI is InChI=1S/C16H22FNO3/c1-18-9-7-12(8-10-18)15(16(19)20-2)11-21-14-5-3-13(17)4-6-14/h3-6,12,15H,7-11H2,1-2H3. The van der Waals surface area contributed by atoms with E-state index in [0.717, 1.165) is 25.9 Å². The maximum absolute atomic E-state index is 12.9. The Hall–Kier alpha value is -1.62. The Morgan fingerprint density at radius 3 is 2.52 bits per heavy atom. The van der Waals surface area contributed by atoms with E-state index in [0.29, 0.717) is 5.75 Å². The van der Waals surface area contributed by atoms with Crippen LogP contribution in [0.3, 0.4) is 0 Å². The summed E-state index contributed by atoms with van der Waals surface area (Å²) in [5.74, 6) is 0.0370. The lowest BCUT2D eigenvalue weighted by molar-refractivity contribution is -0.149. The number of benzene rings is 1. The second kappa shape index (κ2) is 7.41. The smallest absolute Gasteiger partial charge is 0.312 e. The lowest BCUT2D eigenvalue weighted by atomic mass is 9.85. The zero-order valence-electron chi connectivity index (χ0n) is 12.5. The number of piperidine rings is 1. The van der Waals surface area contributed by atoms with Crippen molar-refractivity contribution in [1.82, 2.24) is 4.90 Å². The van der Waals surface area contributed by atoms with Gasteiger partial charge in [0.2, 0.25) is 0 Å². The monoisotopic (exact) mass is 295 g/mol. The lowest BCUT2D eigenvalue weighted by Crippen LogP contribution is -2.38. The Morgan fingerprint density at radius 1 is 1.33 bits per heavy atom. The molecule has 1 unspecified atom stereocenters. The molecule has 1 aliphatic rings. The highest BCUT2D eigenvalue weighted by Crippen LogP contribution is 2.26. The van der Waals surface area contributed by atoms with Crippen LogP contribution < -0.4 is 4.74 Å². The molecule has 0 N–H and O–H groups in total. The van der Waals surface area contributed by atoms with Crippen molar-refractivity contribution in [2.45, 2.75) is 12.8 Å². The van der Waals surface area contributed by atoms with Gasteiger partial charge in [0.1, 0.15) is 18.2 Å². The molecule has 1 aliphatic heterocycles. The fourth-order valence-corrected chi connectivity index (χ4v) is 2.70. The van der Waals surface area contributed by atoms with E-state index in [-0.39, 0.29) is 30.2 Å². The number of methoxy groups -OCH3 is 1. The summed E-state index contributed by atoms with van der Waals surface area (Å²) >= 11 is 0. The van der Waals surface area contributed by atoms with Crippen molar-refractivity contribution >= 4 is 5.97 Å². The highest BCUT2D eigenvalue weighted by molar-refractivity contribution is 5.72. The highest BCUT2D eigenvalue weighted by Gasteiger charge is 2.32. The lowest BCUT2D eigenvalue weighted by Gasteiger charge is -2.32. The molecule has 1 atom stereocenters. The van der Waals surface area contributed by atoms with Crippen LogP contribution >= 0.6 is 0 Å². The Labute approximate surface area is 124 Å². The van der Waals surface area contributed by atoms with E-state index < -0.39 is 0 Å². The average molecular weight is 295 g/mol. The van der Waals surface area contributed by atoms with E-state index in [4.69, 9.17) is 9.47 Å². The molecular weight excluding hydrogens is 273 g/mol. The van der Waals surface area contributed by atoms with E-state index in [1.54, 1.807) is 12.1 Å². The van der Waals surface area contributed by atoms with Crippen LogP contribution in [0.2, 0.25) is 0 Å². The van der Waals surface area contributed by atoms with Gasteiger partial charge in [-0.3, -0.25) is 4.79 Å². The number of likely N-dealkylation sites (tertiary alicyclic amines) is 1. The number of carbonyl (C=O) groups is 1. The summed E-state index contributed by atoms with van der Waals surface area (Å²) in [5, 5.41) is 0. The van der Waals surface area contributed by atoms with Crippen LogP contribution in [0.4, 0.5) is 4.39 Å². The number of halogens is 1. The Balaban J connectivity index is 1.96. The van der Waals surface area contributed by atoms with Crippen molar-refractivity contribution in [1.29, 1.82) is 0 Å². The summed E-state index contributed by atoms with van der Waals surface area (Å²) < 4.78 is 23.4. The van der Waals surface area contributed by atoms with Crippen LogP contribution in [0.5, 0.6) is 5.75 Å². The predicted molar refractivity (Wildman–Crippen MR) is 77.6 cm³/mol. The zero-order valence-corrected chi connectivity index (χ0v) is 12.5. The maximum atomic E-state index is 12.9. The largest absolute Gasteiger partial charge is 0.493 e. The molecular formula is C16H22FNO3. The minimum Gasteiger partial charge on any atom is -0.493 e. The SMILES string of the molecule is COC(=O)C(COc1ccc(F)cc1)C1CCN(C)CC1. The number of hydrogen-bond acceptors (Lipinski definition) is 4. The molecule has 2 rings (SSSR count). The van der Waals surface area contributed by atoms with Gasteiger partial charge in [0, 0.05) is 0 Å². The van der Waals surface area contributed by atoms with E-state index in [1.807, 2.05) is 0 Å². The van der Waals surface area contributed by atoms with E-state index in [2.05, 4.69) is 11.9 Å². The molecule has 5 heteroatoms. The van der Waals surface area contributed by atoms with Gasteiger partial charge in [-0.05, 0) is 63.2 Å². The van der Waals surface area contributed by atoms with E-state index in [1.165, 1.54) is 19.2 Å². The summed E-state index contributed by atoms with van der Waals surface area (Å²) in [4.78, 5) is 14.2. The minimum atomic E-state index is -0.304. The molecule has 21 heavy (non-hydrogen) atoms. The second-order valence-electron chi connectivity index (χ2n) is 5.54. The Bertz CT molecular complexity index is 455. The van der Waals surface area contributed by atoms with Crippen LogP contribution in [0.15, 0.2) is 24.3 Å². The normalized spacial score (nSPS) is 18.2. The van der Waals surface area contributed by atoms with Crippen LogP contribution in [0.1, 0.15) is 12.8 Å². The number of ether oxygens (including phenoxy) is 2. The van der Waals surface area contributed by atoms with Crippen molar-refractivity contribution in [3.05, 3.63) is 30.1 Å². The molecule has 0 aromatic heterocycles. The first-order chi connectivity index (χ1) is 10.1. The van der Waals surface area contributed by atoms with Gasteiger partial charge in [-0.15, -0.1) is 0 Å². The van der Waals surface area contributed by atoms with Gasteiger partial charge in [-0.2, -0.15) is 0 Å². The van der Waals surface area contributed by atoms with Gasteiger partial charge in [-0.1, -0.05) is 0 Å². The first-order valence-electron chi connectivity index (χ1n) is 7.25. The molecule has 4 nitrogen and oxygen atoms in total. The van der Waals surface area contributed by atoms with Gasteiger partial charge in [0.15, 0.2) is 0 Å². The Morgan fingerprint density at radius 2 is 1.95 bits per heavy atom. The number of hydrogen-bond donors (Lipinski definition) is 0. The predicted octanol–water partition coefficient (Wildman–Crippen LogP) is 2.34. The van der Waals surface area contributed by atoms with Gasteiger partial charge in [-0.25, -0.2) is 4.39 Å². The minimum absolute atomic E-state index is 0.230. The molecule has 1 saturated heterocycles. The van der Waals surface area contributed by atoms with Crippen molar-refractivity contribution in [2.75, 3.05) is 33.9 Å². The molecule has 0 spiro atoms. The third-order valence-electron chi connectivity index (χ3n) is 4.08. The summed E-state index contributed by atoms with van der Waals surface area (Å²) in [6, 6.07) is 5.83. The summed E-state index contributed by atoms with van der Waals surface area (Å²) in [5.41, 5.74) is 0. The van der Waals surface area contributed by atoms with Gasteiger partial charge in [0.25, 0.3) is 0 Å².